The Morgan fingerprint density at radius 3 is 2.64 bits per heavy atom. The van der Waals surface area contributed by atoms with E-state index in [1.807, 2.05) is 0 Å². The number of hydrogen-bond acceptors (Lipinski definition) is 6. The summed E-state index contributed by atoms with van der Waals surface area (Å²) in [5.41, 5.74) is 0.925. The fraction of sp³-hybridized carbons (Fsp3) is 0.400. The minimum atomic E-state index is -0.793. The Morgan fingerprint density at radius 1 is 1.36 bits per heavy atom. The van der Waals surface area contributed by atoms with Gasteiger partial charge in [0.15, 0.2) is 5.69 Å². The molecule has 0 saturated heterocycles. The highest BCUT2D eigenvalue weighted by molar-refractivity contribution is 7.03. The normalized spacial score (nSPS) is 15.0. The molecule has 1 heterocycles. The zero-order valence-corrected chi connectivity index (χ0v) is 16.7. The monoisotopic (exact) mass is 400 g/mol. The molecule has 8 heteroatoms. The Balaban J connectivity index is 1.94. The highest BCUT2D eigenvalue weighted by atomic mass is 32.1. The number of rotatable bonds is 8. The second kappa shape index (κ2) is 9.45. The molecule has 7 nitrogen and oxygen atoms in total. The fourth-order valence-corrected chi connectivity index (χ4v) is 3.89. The number of carbonyl (C=O) groups is 2. The van der Waals surface area contributed by atoms with Gasteiger partial charge in [0.2, 0.25) is 5.91 Å². The van der Waals surface area contributed by atoms with Gasteiger partial charge in [0.05, 0.1) is 7.11 Å². The molecule has 1 aliphatic carbocycles. The smallest absolute Gasteiger partial charge is 0.276 e. The van der Waals surface area contributed by atoms with Crippen molar-refractivity contribution in [2.75, 3.05) is 13.7 Å². The van der Waals surface area contributed by atoms with Crippen LogP contribution >= 0.6 is 11.5 Å². The van der Waals surface area contributed by atoms with Crippen molar-refractivity contribution in [2.24, 2.45) is 0 Å². The molecule has 1 aliphatic rings. The molecule has 0 unspecified atom stereocenters. The first kappa shape index (κ1) is 20.0. The van der Waals surface area contributed by atoms with Crippen molar-refractivity contribution in [3.8, 4) is 5.75 Å². The molecular weight excluding hydrogens is 376 g/mol. The van der Waals surface area contributed by atoms with E-state index in [0.717, 1.165) is 37.2 Å². The van der Waals surface area contributed by atoms with Crippen molar-refractivity contribution in [1.82, 2.24) is 19.8 Å². The van der Waals surface area contributed by atoms with Gasteiger partial charge in [-0.05, 0) is 42.1 Å². The van der Waals surface area contributed by atoms with Crippen molar-refractivity contribution in [1.29, 1.82) is 0 Å². The van der Waals surface area contributed by atoms with E-state index in [1.54, 1.807) is 42.8 Å². The fourth-order valence-electron chi connectivity index (χ4n) is 3.46. The summed E-state index contributed by atoms with van der Waals surface area (Å²) < 4.78 is 8.99. The summed E-state index contributed by atoms with van der Waals surface area (Å²) in [4.78, 5) is 27.8. The lowest BCUT2D eigenvalue weighted by molar-refractivity contribution is -0.126. The maximum absolute atomic E-state index is 13.2. The van der Waals surface area contributed by atoms with E-state index in [0.29, 0.717) is 11.3 Å². The third kappa shape index (κ3) is 4.56. The van der Waals surface area contributed by atoms with E-state index < -0.39 is 6.04 Å². The van der Waals surface area contributed by atoms with Crippen LogP contribution in [0.4, 0.5) is 0 Å². The summed E-state index contributed by atoms with van der Waals surface area (Å²) in [5.74, 6) is 0.135. The van der Waals surface area contributed by atoms with Crippen molar-refractivity contribution in [3.05, 3.63) is 53.6 Å². The number of benzene rings is 1. The van der Waals surface area contributed by atoms with Gasteiger partial charge in [0, 0.05) is 18.0 Å². The van der Waals surface area contributed by atoms with Gasteiger partial charge in [-0.15, -0.1) is 11.7 Å². The standard InChI is InChI=1S/C20H24N4O3S/c1-3-12-24(20(26)17-13-28-23-22-17)18(14-8-10-16(27-2)11-9-14)19(25)21-15-6-4-5-7-15/h3,8-11,13,15,18H,1,4-7,12H2,2H3,(H,21,25)/t18-/m1/s1. The Morgan fingerprint density at radius 2 is 2.07 bits per heavy atom. The lowest BCUT2D eigenvalue weighted by Crippen LogP contribution is -2.46. The van der Waals surface area contributed by atoms with E-state index >= 15 is 0 Å². The minimum absolute atomic E-state index is 0.148. The summed E-state index contributed by atoms with van der Waals surface area (Å²) in [6, 6.07) is 6.53. The van der Waals surface area contributed by atoms with Crippen LogP contribution in [0.2, 0.25) is 0 Å². The first-order chi connectivity index (χ1) is 13.6. The van der Waals surface area contributed by atoms with Crippen molar-refractivity contribution >= 4 is 23.3 Å². The quantitative estimate of drug-likeness (QED) is 0.689. The summed E-state index contributed by atoms with van der Waals surface area (Å²) >= 11 is 1.10. The van der Waals surface area contributed by atoms with Gasteiger partial charge in [0.25, 0.3) is 5.91 Å². The molecule has 3 rings (SSSR count). The van der Waals surface area contributed by atoms with E-state index in [2.05, 4.69) is 21.5 Å². The van der Waals surface area contributed by atoms with Crippen LogP contribution < -0.4 is 10.1 Å². The van der Waals surface area contributed by atoms with Crippen LogP contribution in [0, 0.1) is 0 Å². The number of aromatic nitrogens is 2. The summed E-state index contributed by atoms with van der Waals surface area (Å²) in [6.45, 7) is 3.96. The largest absolute Gasteiger partial charge is 0.497 e. The molecule has 1 atom stereocenters. The molecule has 28 heavy (non-hydrogen) atoms. The van der Waals surface area contributed by atoms with E-state index in [9.17, 15) is 9.59 Å². The van der Waals surface area contributed by atoms with Crippen molar-refractivity contribution < 1.29 is 14.3 Å². The maximum atomic E-state index is 13.2. The molecule has 0 bridgehead atoms. The highest BCUT2D eigenvalue weighted by Gasteiger charge is 2.33. The minimum Gasteiger partial charge on any atom is -0.497 e. The van der Waals surface area contributed by atoms with Gasteiger partial charge in [-0.2, -0.15) is 0 Å². The third-order valence-corrected chi connectivity index (χ3v) is 5.36. The molecule has 0 aliphatic heterocycles. The first-order valence-electron chi connectivity index (χ1n) is 9.27. The number of ether oxygens (including phenoxy) is 1. The van der Waals surface area contributed by atoms with Crippen LogP contribution in [0.3, 0.4) is 0 Å². The second-order valence-electron chi connectivity index (χ2n) is 6.70. The molecule has 148 valence electrons. The highest BCUT2D eigenvalue weighted by Crippen LogP contribution is 2.27. The van der Waals surface area contributed by atoms with Crippen LogP contribution in [0.25, 0.3) is 0 Å². The average molecular weight is 401 g/mol. The van der Waals surface area contributed by atoms with Gasteiger partial charge < -0.3 is 15.0 Å². The van der Waals surface area contributed by atoms with Gasteiger partial charge in [-0.3, -0.25) is 9.59 Å². The number of amides is 2. The topological polar surface area (TPSA) is 84.4 Å². The zero-order chi connectivity index (χ0) is 19.9. The zero-order valence-electron chi connectivity index (χ0n) is 15.8. The van der Waals surface area contributed by atoms with E-state index in [4.69, 9.17) is 4.74 Å². The van der Waals surface area contributed by atoms with E-state index in [-0.39, 0.29) is 30.1 Å². The Hall–Kier alpha value is -2.74. The average Bonchev–Trinajstić information content (AvgIpc) is 3.42. The second-order valence-corrected chi connectivity index (χ2v) is 7.31. The van der Waals surface area contributed by atoms with Gasteiger partial charge in [0.1, 0.15) is 11.8 Å². The third-order valence-electron chi connectivity index (χ3n) is 4.86. The van der Waals surface area contributed by atoms with Crippen LogP contribution in [0.5, 0.6) is 5.75 Å². The molecule has 1 saturated carbocycles. The van der Waals surface area contributed by atoms with Gasteiger partial charge in [-0.1, -0.05) is 35.5 Å². The lowest BCUT2D eigenvalue weighted by atomic mass is 10.0. The molecule has 2 amide bonds. The number of carbonyl (C=O) groups excluding carboxylic acids is 2. The Bertz CT molecular complexity index is 801. The van der Waals surface area contributed by atoms with Gasteiger partial charge in [-0.25, -0.2) is 0 Å². The Labute approximate surface area is 168 Å². The molecule has 1 aromatic carbocycles. The number of nitrogens with zero attached hydrogens (tertiary/aromatic N) is 3. The SMILES string of the molecule is C=CCN(C(=O)c1csnn1)[C@@H](C(=O)NC1CCCC1)c1ccc(OC)cc1. The number of nitrogens with one attached hydrogen (secondary N) is 1. The van der Waals surface area contributed by atoms with Crippen LogP contribution in [0.1, 0.15) is 47.8 Å². The summed E-state index contributed by atoms with van der Waals surface area (Å²) in [5, 5.41) is 8.57. The molecule has 1 aromatic heterocycles. The number of hydrogen-bond donors (Lipinski definition) is 1. The molecule has 2 aromatic rings. The molecule has 1 fully saturated rings. The number of methoxy groups -OCH3 is 1. The maximum Gasteiger partial charge on any atom is 0.276 e. The van der Waals surface area contributed by atoms with E-state index in [1.165, 1.54) is 4.90 Å². The first-order valence-corrected chi connectivity index (χ1v) is 10.1. The van der Waals surface area contributed by atoms with Crippen molar-refractivity contribution in [2.45, 2.75) is 37.8 Å². The van der Waals surface area contributed by atoms with Crippen molar-refractivity contribution in [3.63, 3.8) is 0 Å². The Kier molecular flexibility index (Phi) is 6.76. The van der Waals surface area contributed by atoms with Gasteiger partial charge >= 0.3 is 0 Å². The molecule has 0 radical (unpaired) electrons. The van der Waals surface area contributed by atoms with Crippen LogP contribution in [-0.2, 0) is 4.79 Å². The molecule has 1 N–H and O–H groups in total. The lowest BCUT2D eigenvalue weighted by Gasteiger charge is -2.31. The summed E-state index contributed by atoms with van der Waals surface area (Å²) in [7, 11) is 1.59. The predicted octanol–water partition coefficient (Wildman–Crippen LogP) is 2.98. The molecular formula is C20H24N4O3S. The predicted molar refractivity (Wildman–Crippen MR) is 107 cm³/mol. The van der Waals surface area contributed by atoms with Crippen LogP contribution in [0.15, 0.2) is 42.3 Å². The van der Waals surface area contributed by atoms with Crippen LogP contribution in [-0.4, -0.2) is 46.0 Å². The summed E-state index contributed by atoms with van der Waals surface area (Å²) in [6.07, 6.45) is 5.76. The molecule has 0 spiro atoms.